The summed E-state index contributed by atoms with van der Waals surface area (Å²) in [5, 5.41) is 0.546. The summed E-state index contributed by atoms with van der Waals surface area (Å²) in [7, 11) is 3.33. The summed E-state index contributed by atoms with van der Waals surface area (Å²) in [6.45, 7) is 1.85. The fraction of sp³-hybridized carbons (Fsp3) is 0.208. The first-order valence-corrected chi connectivity index (χ1v) is 10.5. The monoisotopic (exact) mass is 466 g/mol. The molecule has 1 unspecified atom stereocenters. The van der Waals surface area contributed by atoms with Crippen LogP contribution in [0.25, 0.3) is 22.2 Å². The lowest BCUT2D eigenvalue weighted by Gasteiger charge is -2.18. The molecule has 0 spiro atoms. The molecule has 4 aromatic rings. The largest absolute Gasteiger partial charge is 0.383 e. The van der Waals surface area contributed by atoms with Crippen LogP contribution in [-0.4, -0.2) is 39.1 Å². The maximum atomic E-state index is 15.3. The van der Waals surface area contributed by atoms with Crippen LogP contribution in [0.3, 0.4) is 0 Å². The van der Waals surface area contributed by atoms with Crippen LogP contribution in [0, 0.1) is 24.4 Å². The molecule has 0 radical (unpaired) electrons. The van der Waals surface area contributed by atoms with Gasteiger partial charge in [0.15, 0.2) is 0 Å². The van der Waals surface area contributed by atoms with E-state index in [1.165, 1.54) is 28.0 Å². The van der Waals surface area contributed by atoms with Gasteiger partial charge >= 0.3 is 6.03 Å². The Morgan fingerprint density at radius 3 is 2.38 bits per heavy atom. The van der Waals surface area contributed by atoms with Crippen LogP contribution in [0.2, 0.25) is 0 Å². The molecule has 2 N–H and O–H groups in total. The van der Waals surface area contributed by atoms with Crippen LogP contribution in [0.4, 0.5) is 29.5 Å². The van der Waals surface area contributed by atoms with Gasteiger partial charge in [0, 0.05) is 43.2 Å². The van der Waals surface area contributed by atoms with Crippen molar-refractivity contribution >= 4 is 28.6 Å². The second kappa shape index (κ2) is 7.75. The Balaban J connectivity index is 1.51. The number of benzene rings is 2. The molecule has 2 amide bonds. The van der Waals surface area contributed by atoms with E-state index in [0.29, 0.717) is 33.7 Å². The van der Waals surface area contributed by atoms with Gasteiger partial charge in [-0.2, -0.15) is 0 Å². The second-order valence-corrected chi connectivity index (χ2v) is 8.40. The van der Waals surface area contributed by atoms with Gasteiger partial charge in [-0.1, -0.05) is 0 Å². The molecule has 0 aliphatic carbocycles. The maximum absolute atomic E-state index is 15.3. The third kappa shape index (κ3) is 3.42. The number of nitrogens with two attached hydrogens (primary N) is 1. The molecular weight excluding hydrogens is 445 g/mol. The van der Waals surface area contributed by atoms with Gasteiger partial charge in [0.2, 0.25) is 0 Å². The second-order valence-electron chi connectivity index (χ2n) is 8.40. The molecule has 34 heavy (non-hydrogen) atoms. The predicted octanol–water partition coefficient (Wildman–Crippen LogP) is 4.56. The molecule has 1 atom stereocenters. The summed E-state index contributed by atoms with van der Waals surface area (Å²) in [6.07, 6.45) is 1.73. The summed E-state index contributed by atoms with van der Waals surface area (Å²) in [6, 6.07) is 6.64. The zero-order valence-electron chi connectivity index (χ0n) is 18.7. The van der Waals surface area contributed by atoms with E-state index in [2.05, 4.69) is 9.97 Å². The number of rotatable bonds is 3. The van der Waals surface area contributed by atoms with Gasteiger partial charge in [0.1, 0.15) is 34.7 Å². The molecule has 1 aliphatic rings. The molecular formula is C24H21F3N6O. The molecule has 0 bridgehead atoms. The predicted molar refractivity (Wildman–Crippen MR) is 123 cm³/mol. The molecule has 174 valence electrons. The van der Waals surface area contributed by atoms with Crippen molar-refractivity contribution in [1.29, 1.82) is 0 Å². The molecule has 3 heterocycles. The summed E-state index contributed by atoms with van der Waals surface area (Å²) in [4.78, 5) is 24.2. The minimum atomic E-state index is -0.724. The van der Waals surface area contributed by atoms with Crippen molar-refractivity contribution in [1.82, 2.24) is 19.4 Å². The Morgan fingerprint density at radius 1 is 1.00 bits per heavy atom. The topological polar surface area (TPSA) is 80.3 Å². The Bertz CT molecular complexity index is 1450. The molecule has 1 aliphatic heterocycles. The fourth-order valence-electron chi connectivity index (χ4n) is 4.52. The first-order valence-electron chi connectivity index (χ1n) is 10.5. The van der Waals surface area contributed by atoms with Crippen molar-refractivity contribution in [3.05, 3.63) is 71.4 Å². The average Bonchev–Trinajstić information content (AvgIpc) is 3.24. The van der Waals surface area contributed by atoms with E-state index >= 15 is 4.39 Å². The number of hydrogen-bond donors (Lipinski definition) is 1. The van der Waals surface area contributed by atoms with Gasteiger partial charge in [-0.15, -0.1) is 0 Å². The highest BCUT2D eigenvalue weighted by Crippen LogP contribution is 2.37. The standard InChI is InChI=1S/C24H21F3N6O/c1-12-29-22(28)21-18(10-31(2)23(21)30-12)17-5-4-16(9-19(17)27)33-11-20(32(3)24(33)34)13-6-14(25)8-15(26)7-13/h4-10,20H,11H2,1-3H3,(H2,28,29,30). The third-order valence-corrected chi connectivity index (χ3v) is 6.14. The van der Waals surface area contributed by atoms with Crippen molar-refractivity contribution < 1.29 is 18.0 Å². The molecule has 2 aromatic heterocycles. The highest BCUT2D eigenvalue weighted by molar-refractivity contribution is 6.01. The van der Waals surface area contributed by atoms with E-state index < -0.39 is 29.5 Å². The number of anilines is 2. The van der Waals surface area contributed by atoms with Crippen LogP contribution in [0.1, 0.15) is 17.4 Å². The lowest BCUT2D eigenvalue weighted by atomic mass is 10.0. The average molecular weight is 466 g/mol. The highest BCUT2D eigenvalue weighted by Gasteiger charge is 2.37. The van der Waals surface area contributed by atoms with Gasteiger partial charge in [0.25, 0.3) is 0 Å². The van der Waals surface area contributed by atoms with Gasteiger partial charge in [0.05, 0.1) is 18.0 Å². The number of halogens is 3. The van der Waals surface area contributed by atoms with Crippen LogP contribution in [0.15, 0.2) is 42.6 Å². The van der Waals surface area contributed by atoms with Gasteiger partial charge < -0.3 is 15.2 Å². The normalized spacial score (nSPS) is 16.2. The number of fused-ring (bicyclic) bond motifs is 1. The lowest BCUT2D eigenvalue weighted by Crippen LogP contribution is -2.29. The first kappa shape index (κ1) is 21.7. The summed E-state index contributed by atoms with van der Waals surface area (Å²) >= 11 is 0. The van der Waals surface area contributed by atoms with Gasteiger partial charge in [-0.05, 0) is 42.8 Å². The quantitative estimate of drug-likeness (QED) is 0.480. The van der Waals surface area contributed by atoms with E-state index in [0.717, 1.165) is 6.07 Å². The third-order valence-electron chi connectivity index (χ3n) is 6.14. The van der Waals surface area contributed by atoms with E-state index in [1.807, 2.05) is 0 Å². The van der Waals surface area contributed by atoms with E-state index in [4.69, 9.17) is 5.73 Å². The fourth-order valence-corrected chi connectivity index (χ4v) is 4.52. The van der Waals surface area contributed by atoms with E-state index in [9.17, 15) is 13.6 Å². The Kier molecular flexibility index (Phi) is 4.96. The number of aromatic nitrogens is 3. The Labute approximate surface area is 193 Å². The minimum absolute atomic E-state index is 0.116. The van der Waals surface area contributed by atoms with Crippen molar-refractivity contribution in [2.75, 3.05) is 24.2 Å². The number of amides is 2. The van der Waals surface area contributed by atoms with Crippen LogP contribution in [0.5, 0.6) is 0 Å². The molecule has 5 rings (SSSR count). The molecule has 10 heteroatoms. The number of carbonyl (C=O) groups excluding carboxylic acids is 1. The van der Waals surface area contributed by atoms with Crippen molar-refractivity contribution in [2.24, 2.45) is 7.05 Å². The zero-order chi connectivity index (χ0) is 24.3. The number of carbonyl (C=O) groups is 1. The lowest BCUT2D eigenvalue weighted by molar-refractivity contribution is 0.219. The van der Waals surface area contributed by atoms with Crippen LogP contribution < -0.4 is 10.6 Å². The summed E-state index contributed by atoms with van der Waals surface area (Å²) in [5.41, 5.74) is 8.19. The minimum Gasteiger partial charge on any atom is -0.383 e. The van der Waals surface area contributed by atoms with Crippen molar-refractivity contribution in [2.45, 2.75) is 13.0 Å². The summed E-state index contributed by atoms with van der Waals surface area (Å²) in [5.74, 6) is -1.24. The number of urea groups is 1. The maximum Gasteiger partial charge on any atom is 0.324 e. The molecule has 1 saturated heterocycles. The van der Waals surface area contributed by atoms with Gasteiger partial charge in [-0.3, -0.25) is 4.90 Å². The highest BCUT2D eigenvalue weighted by atomic mass is 19.1. The number of aryl methyl sites for hydroxylation is 2. The number of nitrogen functional groups attached to an aromatic ring is 1. The molecule has 7 nitrogen and oxygen atoms in total. The molecule has 0 saturated carbocycles. The van der Waals surface area contributed by atoms with Gasteiger partial charge in [-0.25, -0.2) is 27.9 Å². The SMILES string of the molecule is Cc1nc(N)c2c(-c3ccc(N4CC(c5cc(F)cc(F)c5)N(C)C4=O)cc3F)cn(C)c2n1. The van der Waals surface area contributed by atoms with Crippen LogP contribution >= 0.6 is 0 Å². The zero-order valence-corrected chi connectivity index (χ0v) is 18.7. The number of nitrogens with zero attached hydrogens (tertiary/aromatic N) is 5. The van der Waals surface area contributed by atoms with E-state index in [1.54, 1.807) is 43.9 Å². The van der Waals surface area contributed by atoms with Crippen molar-refractivity contribution in [3.8, 4) is 11.1 Å². The molecule has 1 fully saturated rings. The summed E-state index contributed by atoms with van der Waals surface area (Å²) < 4.78 is 44.5. The van der Waals surface area contributed by atoms with E-state index in [-0.39, 0.29) is 17.9 Å². The number of likely N-dealkylation sites (N-methyl/N-ethyl adjacent to an activating group) is 1. The first-order chi connectivity index (χ1) is 16.1. The number of hydrogen-bond acceptors (Lipinski definition) is 4. The van der Waals surface area contributed by atoms with Crippen LogP contribution in [-0.2, 0) is 7.05 Å². The van der Waals surface area contributed by atoms with Crippen molar-refractivity contribution in [3.63, 3.8) is 0 Å². The Morgan fingerprint density at radius 2 is 1.71 bits per heavy atom. The Hall–Kier alpha value is -4.08. The smallest absolute Gasteiger partial charge is 0.324 e. The molecule has 2 aromatic carbocycles.